The molecule has 242 valence electrons. The number of aryl methyl sites for hydroxylation is 2. The molecule has 1 aromatic carbocycles. The fourth-order valence-electron chi connectivity index (χ4n) is 7.10. The fourth-order valence-corrected chi connectivity index (χ4v) is 7.98. The number of likely N-dealkylation sites (tertiary alicyclic amines) is 2. The van der Waals surface area contributed by atoms with Crippen LogP contribution in [0.5, 0.6) is 0 Å². The van der Waals surface area contributed by atoms with Gasteiger partial charge in [-0.25, -0.2) is 4.98 Å². The number of benzene rings is 1. The van der Waals surface area contributed by atoms with Crippen molar-refractivity contribution in [1.29, 1.82) is 0 Å². The Morgan fingerprint density at radius 2 is 1.79 bits per heavy atom. The molecule has 2 aliphatic heterocycles. The number of carbonyl (C=O) groups is 2. The van der Waals surface area contributed by atoms with Gasteiger partial charge in [-0.3, -0.25) is 23.9 Å². The van der Waals surface area contributed by atoms with Crippen molar-refractivity contribution in [3.05, 3.63) is 105 Å². The molecule has 2 amide bonds. The monoisotopic (exact) mass is 650 g/mol. The molecule has 0 unspecified atom stereocenters. The largest absolute Gasteiger partial charge is 0.388 e. The summed E-state index contributed by atoms with van der Waals surface area (Å²) in [6.07, 6.45) is 6.37. The van der Waals surface area contributed by atoms with Crippen LogP contribution in [0.1, 0.15) is 46.1 Å². The van der Waals surface area contributed by atoms with Gasteiger partial charge in [0.25, 0.3) is 11.5 Å². The highest BCUT2D eigenvalue weighted by atomic mass is 32.1. The molecule has 11 heteroatoms. The van der Waals surface area contributed by atoms with Crippen molar-refractivity contribution in [2.75, 3.05) is 26.2 Å². The topological polar surface area (TPSA) is 114 Å². The zero-order valence-corrected chi connectivity index (χ0v) is 27.4. The van der Waals surface area contributed by atoms with E-state index in [1.807, 2.05) is 77.7 Å². The molecule has 7 rings (SSSR count). The summed E-state index contributed by atoms with van der Waals surface area (Å²) >= 11 is 1.44. The summed E-state index contributed by atoms with van der Waals surface area (Å²) in [7, 11) is 1.84. The van der Waals surface area contributed by atoms with E-state index < -0.39 is 5.60 Å². The van der Waals surface area contributed by atoms with Crippen molar-refractivity contribution in [3.63, 3.8) is 0 Å². The number of hydrogen-bond acceptors (Lipinski definition) is 7. The summed E-state index contributed by atoms with van der Waals surface area (Å²) in [5.41, 5.74) is 3.32. The van der Waals surface area contributed by atoms with E-state index in [1.165, 1.54) is 22.2 Å². The number of thiophene rings is 1. The van der Waals surface area contributed by atoms with Gasteiger partial charge in [0, 0.05) is 63.2 Å². The summed E-state index contributed by atoms with van der Waals surface area (Å²) in [5, 5.41) is 14.0. The molecule has 2 aliphatic rings. The van der Waals surface area contributed by atoms with Crippen molar-refractivity contribution in [2.24, 2.45) is 13.0 Å². The number of aliphatic hydroxyl groups is 1. The van der Waals surface area contributed by atoms with Crippen molar-refractivity contribution >= 4 is 34.2 Å². The number of pyridine rings is 1. The lowest BCUT2D eigenvalue weighted by Crippen LogP contribution is -2.53. The highest BCUT2D eigenvalue weighted by Crippen LogP contribution is 2.37. The maximum Gasteiger partial charge on any atom is 0.263 e. The summed E-state index contributed by atoms with van der Waals surface area (Å²) in [6, 6.07) is 17.7. The van der Waals surface area contributed by atoms with Crippen molar-refractivity contribution in [2.45, 2.75) is 44.2 Å². The Morgan fingerprint density at radius 1 is 1.00 bits per heavy atom. The molecule has 4 aromatic heterocycles. The molecule has 10 nitrogen and oxygen atoms in total. The van der Waals surface area contributed by atoms with Gasteiger partial charge in [-0.05, 0) is 72.5 Å². The zero-order valence-electron chi connectivity index (χ0n) is 26.6. The third-order valence-electron chi connectivity index (χ3n) is 9.81. The van der Waals surface area contributed by atoms with E-state index in [1.54, 1.807) is 23.0 Å². The highest BCUT2D eigenvalue weighted by Gasteiger charge is 2.42. The van der Waals surface area contributed by atoms with Gasteiger partial charge in [-0.2, -0.15) is 0 Å². The van der Waals surface area contributed by atoms with Crippen LogP contribution in [0.25, 0.3) is 22.2 Å². The summed E-state index contributed by atoms with van der Waals surface area (Å²) in [6.45, 7) is 3.83. The molecular formula is C36H38N6O4S. The Labute approximate surface area is 276 Å². The van der Waals surface area contributed by atoms with Crippen molar-refractivity contribution in [1.82, 2.24) is 28.9 Å². The SMILES string of the molecule is Cc1cc(-c2csc(C(=O)N3CC[C@@H](C(=O)N4CCC(O)(Cn5cnc6c(ccn6C)c5=O)CC4)[C@H](c4ccccc4)C3)c2)ccn1. The van der Waals surface area contributed by atoms with Crippen LogP contribution in [0.3, 0.4) is 0 Å². The first-order valence-electron chi connectivity index (χ1n) is 16.1. The van der Waals surface area contributed by atoms with Crippen LogP contribution >= 0.6 is 11.3 Å². The van der Waals surface area contributed by atoms with Crippen molar-refractivity contribution < 1.29 is 14.7 Å². The average molecular weight is 651 g/mol. The van der Waals surface area contributed by atoms with Crippen LogP contribution in [-0.4, -0.2) is 77.6 Å². The van der Waals surface area contributed by atoms with Crippen LogP contribution in [0.15, 0.2) is 83.5 Å². The molecule has 6 heterocycles. The zero-order chi connectivity index (χ0) is 32.7. The average Bonchev–Trinajstić information content (AvgIpc) is 3.74. The number of fused-ring (bicyclic) bond motifs is 1. The summed E-state index contributed by atoms with van der Waals surface area (Å²) in [5.74, 6) is -0.380. The van der Waals surface area contributed by atoms with E-state index >= 15 is 0 Å². The lowest BCUT2D eigenvalue weighted by molar-refractivity contribution is -0.142. The smallest absolute Gasteiger partial charge is 0.263 e. The van der Waals surface area contributed by atoms with E-state index in [4.69, 9.17) is 0 Å². The molecule has 5 aromatic rings. The quantitative estimate of drug-likeness (QED) is 0.290. The normalized spacial score (nSPS) is 19.6. The summed E-state index contributed by atoms with van der Waals surface area (Å²) < 4.78 is 3.28. The number of amides is 2. The molecule has 0 radical (unpaired) electrons. The Bertz CT molecular complexity index is 1990. The minimum atomic E-state index is -1.12. The Hall–Kier alpha value is -4.61. The number of rotatable bonds is 6. The number of piperidine rings is 2. The molecule has 2 saturated heterocycles. The molecule has 47 heavy (non-hydrogen) atoms. The number of carbonyl (C=O) groups excluding carboxylic acids is 2. The van der Waals surface area contributed by atoms with E-state index in [9.17, 15) is 19.5 Å². The second kappa shape index (κ2) is 12.5. The minimum Gasteiger partial charge on any atom is -0.388 e. The van der Waals surface area contributed by atoms with Gasteiger partial charge in [0.2, 0.25) is 5.91 Å². The lowest BCUT2D eigenvalue weighted by atomic mass is 9.79. The van der Waals surface area contributed by atoms with Gasteiger partial charge in [0.05, 0.1) is 22.4 Å². The Morgan fingerprint density at radius 3 is 2.55 bits per heavy atom. The second-order valence-electron chi connectivity index (χ2n) is 12.9. The number of hydrogen-bond donors (Lipinski definition) is 1. The van der Waals surface area contributed by atoms with Crippen LogP contribution in [0.4, 0.5) is 0 Å². The Balaban J connectivity index is 1.04. The van der Waals surface area contributed by atoms with Gasteiger partial charge in [-0.15, -0.1) is 11.3 Å². The molecule has 2 fully saturated rings. The third kappa shape index (κ3) is 6.13. The first-order chi connectivity index (χ1) is 22.7. The first kappa shape index (κ1) is 31.0. The number of nitrogens with zero attached hydrogens (tertiary/aromatic N) is 6. The molecular weight excluding hydrogens is 613 g/mol. The van der Waals surface area contributed by atoms with Crippen molar-refractivity contribution in [3.8, 4) is 11.1 Å². The molecule has 1 N–H and O–H groups in total. The maximum atomic E-state index is 14.1. The lowest BCUT2D eigenvalue weighted by Gasteiger charge is -2.43. The Kier molecular flexibility index (Phi) is 8.27. The van der Waals surface area contributed by atoms with Gasteiger partial charge in [0.1, 0.15) is 12.0 Å². The predicted molar refractivity (Wildman–Crippen MR) is 181 cm³/mol. The van der Waals surface area contributed by atoms with E-state index in [2.05, 4.69) is 9.97 Å². The fraction of sp³-hybridized carbons (Fsp3) is 0.361. The van der Waals surface area contributed by atoms with Crippen LogP contribution in [0, 0.1) is 12.8 Å². The van der Waals surface area contributed by atoms with Crippen LogP contribution in [-0.2, 0) is 18.4 Å². The van der Waals surface area contributed by atoms with Crippen LogP contribution < -0.4 is 5.56 Å². The van der Waals surface area contributed by atoms with Gasteiger partial charge in [-0.1, -0.05) is 30.3 Å². The molecule has 0 bridgehead atoms. The van der Waals surface area contributed by atoms with E-state index in [-0.39, 0.29) is 35.8 Å². The van der Waals surface area contributed by atoms with Gasteiger partial charge < -0.3 is 19.5 Å². The summed E-state index contributed by atoms with van der Waals surface area (Å²) in [4.78, 5) is 54.0. The van der Waals surface area contributed by atoms with Gasteiger partial charge >= 0.3 is 0 Å². The molecule has 0 aliphatic carbocycles. The maximum absolute atomic E-state index is 14.1. The second-order valence-corrected chi connectivity index (χ2v) is 13.9. The standard InChI is InChI=1S/C36H38N6O4S/c1-24-18-26(8-13-37-24)27-19-31(47-21-27)35(45)41-15-10-28(30(20-41)25-6-4-3-5-7-25)33(43)40-16-11-36(46,12-17-40)22-42-23-38-32-29(34(42)44)9-14-39(32)2/h3-9,13-14,18-19,21,23,28,30,46H,10-12,15-17,20,22H2,1-2H3/t28-,30+/m1/s1. The van der Waals surface area contributed by atoms with E-state index in [0.29, 0.717) is 61.4 Å². The molecule has 0 saturated carbocycles. The minimum absolute atomic E-state index is 0.0136. The molecule has 2 atom stereocenters. The third-order valence-corrected chi connectivity index (χ3v) is 10.7. The highest BCUT2D eigenvalue weighted by molar-refractivity contribution is 7.12. The molecule has 0 spiro atoms. The van der Waals surface area contributed by atoms with E-state index in [0.717, 1.165) is 22.4 Å². The van der Waals surface area contributed by atoms with Gasteiger partial charge in [0.15, 0.2) is 0 Å². The predicted octanol–water partition coefficient (Wildman–Crippen LogP) is 4.47. The van der Waals surface area contributed by atoms with Crippen LogP contribution in [0.2, 0.25) is 0 Å². The first-order valence-corrected chi connectivity index (χ1v) is 16.9. The number of aromatic nitrogens is 4.